The molecule has 0 spiro atoms. The van der Waals surface area contributed by atoms with Crippen LogP contribution in [0.15, 0.2) is 48.5 Å². The van der Waals surface area contributed by atoms with Crippen molar-refractivity contribution in [3.8, 4) is 0 Å². The molecule has 2 aromatic carbocycles. The van der Waals surface area contributed by atoms with E-state index in [0.717, 1.165) is 0 Å². The molecule has 3 aromatic rings. The Balaban J connectivity index is 1.92. The number of aromatic nitrogens is 1. The molecule has 3 rings (SSSR count). The minimum Gasteiger partial charge on any atom is -0.545 e. The Kier molecular flexibility index (Phi) is 4.27. The van der Waals surface area contributed by atoms with Gasteiger partial charge in [-0.1, -0.05) is 29.8 Å². The second-order valence-corrected chi connectivity index (χ2v) is 5.84. The zero-order valence-corrected chi connectivity index (χ0v) is 13.6. The van der Waals surface area contributed by atoms with Crippen molar-refractivity contribution in [3.63, 3.8) is 0 Å². The quantitative estimate of drug-likeness (QED) is 0.792. The molecule has 0 aliphatic carbocycles. The van der Waals surface area contributed by atoms with E-state index in [0.29, 0.717) is 27.3 Å². The summed E-state index contributed by atoms with van der Waals surface area (Å²) in [5.41, 5.74) is 1.91. The van der Waals surface area contributed by atoms with Crippen LogP contribution < -0.4 is 10.4 Å². The van der Waals surface area contributed by atoms with Crippen LogP contribution in [0.1, 0.15) is 16.1 Å². The number of nitrogens with one attached hydrogen (secondary N) is 1. The molecule has 122 valence electrons. The van der Waals surface area contributed by atoms with Crippen LogP contribution in [0.3, 0.4) is 0 Å². The van der Waals surface area contributed by atoms with Gasteiger partial charge in [0, 0.05) is 32.9 Å². The summed E-state index contributed by atoms with van der Waals surface area (Å²) >= 11 is 5.82. The summed E-state index contributed by atoms with van der Waals surface area (Å²) in [6.45, 7) is 1.67. The summed E-state index contributed by atoms with van der Waals surface area (Å²) < 4.78 is 1.67. The number of carboxylic acids is 1. The summed E-state index contributed by atoms with van der Waals surface area (Å²) in [7, 11) is 0. The first-order valence-electron chi connectivity index (χ1n) is 7.32. The number of rotatable bonds is 4. The molecule has 0 radical (unpaired) electrons. The van der Waals surface area contributed by atoms with Gasteiger partial charge in [0.1, 0.15) is 6.54 Å². The lowest BCUT2D eigenvalue weighted by molar-refractivity contribution is -0.254. The molecule has 0 unspecified atom stereocenters. The standard InChI is InChI=1S/C18H15ClN2O3/c1-11-17(18(23)24)14-4-2-3-5-15(14)21(11)10-16(22)20-13-8-6-12(19)7-9-13/h2-9H,10H2,1H3,(H,20,22)(H,23,24)/p-1. The largest absolute Gasteiger partial charge is 0.545 e. The minimum absolute atomic E-state index is 0.00224. The van der Waals surface area contributed by atoms with Crippen LogP contribution in [0.2, 0.25) is 5.02 Å². The summed E-state index contributed by atoms with van der Waals surface area (Å²) in [4.78, 5) is 23.7. The summed E-state index contributed by atoms with van der Waals surface area (Å²) in [5, 5.41) is 15.3. The van der Waals surface area contributed by atoms with Crippen molar-refractivity contribution in [1.29, 1.82) is 0 Å². The van der Waals surface area contributed by atoms with Crippen molar-refractivity contribution < 1.29 is 14.7 Å². The Morgan fingerprint density at radius 2 is 1.79 bits per heavy atom. The Morgan fingerprint density at radius 1 is 1.12 bits per heavy atom. The number of carboxylic acid groups (broad SMARTS) is 1. The van der Waals surface area contributed by atoms with Crippen LogP contribution in [-0.2, 0) is 11.3 Å². The number of para-hydroxylation sites is 1. The van der Waals surface area contributed by atoms with E-state index in [9.17, 15) is 14.7 Å². The van der Waals surface area contributed by atoms with Gasteiger partial charge in [0.15, 0.2) is 0 Å². The van der Waals surface area contributed by atoms with E-state index in [1.807, 2.05) is 0 Å². The summed E-state index contributed by atoms with van der Waals surface area (Å²) in [6.07, 6.45) is 0. The smallest absolute Gasteiger partial charge is 0.244 e. The molecule has 0 saturated carbocycles. The fourth-order valence-corrected chi connectivity index (χ4v) is 2.90. The first-order chi connectivity index (χ1) is 11.5. The van der Waals surface area contributed by atoms with Crippen LogP contribution in [0.4, 0.5) is 5.69 Å². The van der Waals surface area contributed by atoms with Crippen molar-refractivity contribution >= 4 is 40.1 Å². The van der Waals surface area contributed by atoms with Gasteiger partial charge in [-0.15, -0.1) is 0 Å². The van der Waals surface area contributed by atoms with E-state index in [-0.39, 0.29) is 18.0 Å². The van der Waals surface area contributed by atoms with Gasteiger partial charge in [0.2, 0.25) is 5.91 Å². The number of carbonyl (C=O) groups excluding carboxylic acids is 2. The van der Waals surface area contributed by atoms with Crippen molar-refractivity contribution in [3.05, 3.63) is 64.8 Å². The number of halogens is 1. The zero-order valence-electron chi connectivity index (χ0n) is 12.9. The maximum atomic E-state index is 12.3. The van der Waals surface area contributed by atoms with Gasteiger partial charge in [-0.3, -0.25) is 4.79 Å². The molecule has 6 heteroatoms. The second-order valence-electron chi connectivity index (χ2n) is 5.41. The summed E-state index contributed by atoms with van der Waals surface area (Å²) in [5.74, 6) is -1.51. The average molecular weight is 342 g/mol. The number of hydrogen-bond donors (Lipinski definition) is 1. The molecular weight excluding hydrogens is 328 g/mol. The Hall–Kier alpha value is -2.79. The molecule has 1 heterocycles. The average Bonchev–Trinajstić information content (AvgIpc) is 2.82. The predicted octanol–water partition coefficient (Wildman–Crippen LogP) is 2.61. The van der Waals surface area contributed by atoms with Gasteiger partial charge in [0.25, 0.3) is 0 Å². The number of fused-ring (bicyclic) bond motifs is 1. The van der Waals surface area contributed by atoms with Gasteiger partial charge in [0.05, 0.1) is 5.97 Å². The summed E-state index contributed by atoms with van der Waals surface area (Å²) in [6, 6.07) is 13.8. The molecule has 1 N–H and O–H groups in total. The molecule has 0 fully saturated rings. The lowest BCUT2D eigenvalue weighted by atomic mass is 10.1. The number of anilines is 1. The number of nitrogens with zero attached hydrogens (tertiary/aromatic N) is 1. The highest BCUT2D eigenvalue weighted by Crippen LogP contribution is 2.25. The SMILES string of the molecule is Cc1c(C(=O)[O-])c2ccccc2n1CC(=O)Nc1ccc(Cl)cc1. The second kappa shape index (κ2) is 6.37. The number of amides is 1. The minimum atomic E-state index is -1.25. The monoisotopic (exact) mass is 341 g/mol. The molecule has 5 nitrogen and oxygen atoms in total. The Labute approximate surface area is 143 Å². The molecule has 0 aliphatic rings. The number of benzene rings is 2. The van der Waals surface area contributed by atoms with Crippen molar-refractivity contribution in [2.24, 2.45) is 0 Å². The van der Waals surface area contributed by atoms with E-state index in [1.54, 1.807) is 60.0 Å². The molecule has 0 aliphatic heterocycles. The number of aromatic carboxylic acids is 1. The maximum absolute atomic E-state index is 12.3. The number of carbonyl (C=O) groups is 2. The molecule has 1 amide bonds. The maximum Gasteiger partial charge on any atom is 0.244 e. The van der Waals surface area contributed by atoms with E-state index >= 15 is 0 Å². The normalized spacial score (nSPS) is 10.8. The Bertz CT molecular complexity index is 929. The van der Waals surface area contributed by atoms with E-state index < -0.39 is 5.97 Å². The predicted molar refractivity (Wildman–Crippen MR) is 91.1 cm³/mol. The van der Waals surface area contributed by atoms with Crippen molar-refractivity contribution in [2.75, 3.05) is 5.32 Å². The molecule has 0 bridgehead atoms. The highest BCUT2D eigenvalue weighted by molar-refractivity contribution is 6.30. The highest BCUT2D eigenvalue weighted by atomic mass is 35.5. The van der Waals surface area contributed by atoms with E-state index in [1.165, 1.54) is 0 Å². The van der Waals surface area contributed by atoms with Gasteiger partial charge in [-0.2, -0.15) is 0 Å². The lowest BCUT2D eigenvalue weighted by Crippen LogP contribution is -2.24. The molecule has 1 aromatic heterocycles. The zero-order chi connectivity index (χ0) is 17.3. The molecule has 24 heavy (non-hydrogen) atoms. The fraction of sp³-hybridized carbons (Fsp3) is 0.111. The molecule has 0 saturated heterocycles. The number of hydrogen-bond acceptors (Lipinski definition) is 3. The van der Waals surface area contributed by atoms with Crippen molar-refractivity contribution in [1.82, 2.24) is 4.57 Å². The first-order valence-corrected chi connectivity index (χ1v) is 7.70. The fourth-order valence-electron chi connectivity index (χ4n) is 2.77. The van der Waals surface area contributed by atoms with E-state index in [2.05, 4.69) is 5.32 Å². The van der Waals surface area contributed by atoms with Crippen LogP contribution in [0.5, 0.6) is 0 Å². The Morgan fingerprint density at radius 3 is 2.46 bits per heavy atom. The third-order valence-electron chi connectivity index (χ3n) is 3.86. The van der Waals surface area contributed by atoms with Gasteiger partial charge < -0.3 is 19.8 Å². The third-order valence-corrected chi connectivity index (χ3v) is 4.12. The van der Waals surface area contributed by atoms with Crippen LogP contribution in [0, 0.1) is 6.92 Å². The van der Waals surface area contributed by atoms with Crippen molar-refractivity contribution in [2.45, 2.75) is 13.5 Å². The highest BCUT2D eigenvalue weighted by Gasteiger charge is 2.16. The lowest BCUT2D eigenvalue weighted by Gasteiger charge is -2.10. The topological polar surface area (TPSA) is 74.2 Å². The van der Waals surface area contributed by atoms with Crippen LogP contribution in [-0.4, -0.2) is 16.4 Å². The first kappa shape index (κ1) is 16.1. The van der Waals surface area contributed by atoms with E-state index in [4.69, 9.17) is 11.6 Å². The van der Waals surface area contributed by atoms with Crippen LogP contribution >= 0.6 is 11.6 Å². The molecular formula is C18H14ClN2O3-. The molecule has 0 atom stereocenters. The third kappa shape index (κ3) is 2.98. The van der Waals surface area contributed by atoms with Crippen LogP contribution in [0.25, 0.3) is 10.9 Å². The van der Waals surface area contributed by atoms with Gasteiger partial charge in [-0.25, -0.2) is 0 Å². The van der Waals surface area contributed by atoms with Gasteiger partial charge >= 0.3 is 0 Å². The van der Waals surface area contributed by atoms with Gasteiger partial charge in [-0.05, 0) is 37.3 Å².